The maximum atomic E-state index is 12.1. The molecule has 0 unspecified atom stereocenters. The van der Waals surface area contributed by atoms with Gasteiger partial charge in [-0.3, -0.25) is 4.79 Å². The van der Waals surface area contributed by atoms with Gasteiger partial charge in [-0.1, -0.05) is 12.1 Å². The number of benzene rings is 1. The van der Waals surface area contributed by atoms with Crippen LogP contribution in [0.1, 0.15) is 31.7 Å². The molecule has 0 N–H and O–H groups in total. The van der Waals surface area contributed by atoms with Crippen molar-refractivity contribution in [3.05, 3.63) is 34.7 Å². The second-order valence-electron chi connectivity index (χ2n) is 5.36. The van der Waals surface area contributed by atoms with Crippen LogP contribution in [-0.2, 0) is 4.79 Å². The molecule has 0 atom stereocenters. The normalized spacial score (nSPS) is 20.4. The molecule has 1 saturated heterocycles. The first-order chi connectivity index (χ1) is 10.8. The maximum absolute atomic E-state index is 12.1. The molecular weight excluding hydrogens is 296 g/mol. The molecule has 1 amide bonds. The lowest BCUT2D eigenvalue weighted by molar-refractivity contribution is -0.113. The molecule has 1 fully saturated rings. The van der Waals surface area contributed by atoms with Crippen molar-refractivity contribution < 1.29 is 9.53 Å². The molecule has 3 rings (SSSR count). The van der Waals surface area contributed by atoms with E-state index < -0.39 is 0 Å². The molecule has 0 aliphatic carbocycles. The third-order valence-electron chi connectivity index (χ3n) is 3.70. The van der Waals surface area contributed by atoms with Crippen LogP contribution in [0.3, 0.4) is 0 Å². The van der Waals surface area contributed by atoms with E-state index in [0.29, 0.717) is 11.5 Å². The van der Waals surface area contributed by atoms with Gasteiger partial charge in [0.25, 0.3) is 5.91 Å². The van der Waals surface area contributed by atoms with E-state index >= 15 is 0 Å². The fourth-order valence-corrected chi connectivity index (χ4v) is 3.60. The summed E-state index contributed by atoms with van der Waals surface area (Å²) in [5.74, 6) is 0.692. The highest BCUT2D eigenvalue weighted by molar-refractivity contribution is 8.18. The summed E-state index contributed by atoms with van der Waals surface area (Å²) in [6.07, 6.45) is 5.54. The number of amides is 1. The van der Waals surface area contributed by atoms with Gasteiger partial charge in [-0.2, -0.15) is 4.99 Å². The van der Waals surface area contributed by atoms with Crippen molar-refractivity contribution in [1.29, 1.82) is 0 Å². The summed E-state index contributed by atoms with van der Waals surface area (Å²) in [6, 6.07) is 7.78. The predicted octanol–water partition coefficient (Wildman–Crippen LogP) is 3.54. The number of carbonyl (C=O) groups is 1. The van der Waals surface area contributed by atoms with Crippen LogP contribution >= 0.6 is 11.8 Å². The summed E-state index contributed by atoms with van der Waals surface area (Å²) in [5, 5.41) is 0.858. The van der Waals surface area contributed by atoms with Crippen molar-refractivity contribution in [3.63, 3.8) is 0 Å². The maximum Gasteiger partial charge on any atom is 0.286 e. The third-order valence-corrected chi connectivity index (χ3v) is 4.75. The fraction of sp³-hybridized carbons (Fsp3) is 0.412. The number of ether oxygens (including phenoxy) is 1. The number of piperidine rings is 1. The predicted molar refractivity (Wildman–Crippen MR) is 91.0 cm³/mol. The van der Waals surface area contributed by atoms with Crippen LogP contribution in [0, 0.1) is 0 Å². The second-order valence-corrected chi connectivity index (χ2v) is 6.37. The highest BCUT2D eigenvalue weighted by Crippen LogP contribution is 2.31. The molecule has 1 aromatic carbocycles. The minimum absolute atomic E-state index is 0.132. The first-order valence-corrected chi connectivity index (χ1v) is 8.58. The van der Waals surface area contributed by atoms with Crippen LogP contribution < -0.4 is 4.74 Å². The van der Waals surface area contributed by atoms with E-state index in [1.165, 1.54) is 31.0 Å². The van der Waals surface area contributed by atoms with Crippen LogP contribution in [0.5, 0.6) is 5.75 Å². The van der Waals surface area contributed by atoms with E-state index in [4.69, 9.17) is 4.74 Å². The number of hydrogen-bond donors (Lipinski definition) is 0. The fourth-order valence-electron chi connectivity index (χ4n) is 2.63. The third kappa shape index (κ3) is 3.53. The SMILES string of the molecule is CCOc1cccc(C=C2SC(N3CCCCC3)=NC2=O)c1. The summed E-state index contributed by atoms with van der Waals surface area (Å²) in [6.45, 7) is 4.61. The lowest BCUT2D eigenvalue weighted by Gasteiger charge is -2.27. The monoisotopic (exact) mass is 316 g/mol. The van der Waals surface area contributed by atoms with Crippen molar-refractivity contribution in [2.24, 2.45) is 4.99 Å². The smallest absolute Gasteiger partial charge is 0.286 e. The van der Waals surface area contributed by atoms with E-state index in [1.807, 2.05) is 37.3 Å². The highest BCUT2D eigenvalue weighted by atomic mass is 32.2. The van der Waals surface area contributed by atoms with E-state index in [9.17, 15) is 4.79 Å². The van der Waals surface area contributed by atoms with Gasteiger partial charge in [0.2, 0.25) is 0 Å². The Labute approximate surface area is 135 Å². The Balaban J connectivity index is 1.73. The van der Waals surface area contributed by atoms with E-state index in [1.54, 1.807) is 0 Å². The number of likely N-dealkylation sites (tertiary alicyclic amines) is 1. The second kappa shape index (κ2) is 7.01. The Morgan fingerprint density at radius 1 is 1.32 bits per heavy atom. The van der Waals surface area contributed by atoms with Crippen LogP contribution in [0.25, 0.3) is 6.08 Å². The number of rotatable bonds is 3. The summed E-state index contributed by atoms with van der Waals surface area (Å²) in [5.41, 5.74) is 0.969. The van der Waals surface area contributed by atoms with Crippen molar-refractivity contribution in [3.8, 4) is 5.75 Å². The van der Waals surface area contributed by atoms with Crippen molar-refractivity contribution in [2.75, 3.05) is 19.7 Å². The zero-order valence-electron chi connectivity index (χ0n) is 12.7. The number of thioether (sulfide) groups is 1. The Hall–Kier alpha value is -1.75. The molecular formula is C17H20N2O2S. The molecule has 2 aliphatic rings. The topological polar surface area (TPSA) is 41.9 Å². The van der Waals surface area contributed by atoms with Crippen molar-refractivity contribution in [2.45, 2.75) is 26.2 Å². The van der Waals surface area contributed by atoms with Gasteiger partial charge < -0.3 is 9.64 Å². The summed E-state index contributed by atoms with van der Waals surface area (Å²) >= 11 is 1.49. The molecule has 0 spiro atoms. The van der Waals surface area contributed by atoms with Crippen molar-refractivity contribution in [1.82, 2.24) is 4.90 Å². The lowest BCUT2D eigenvalue weighted by atomic mass is 10.1. The number of aliphatic imine (C=N–C) groups is 1. The highest BCUT2D eigenvalue weighted by Gasteiger charge is 2.26. The standard InChI is InChI=1S/C17H20N2O2S/c1-2-21-14-8-6-7-13(11-14)12-15-16(20)18-17(22-15)19-9-4-3-5-10-19/h6-8,11-12H,2-5,9-10H2,1H3. The molecule has 0 bridgehead atoms. The first kappa shape index (κ1) is 15.2. The molecule has 4 nitrogen and oxygen atoms in total. The van der Waals surface area contributed by atoms with Crippen molar-refractivity contribution >= 4 is 28.9 Å². The van der Waals surface area contributed by atoms with Gasteiger partial charge in [-0.05, 0) is 61.7 Å². The molecule has 116 valence electrons. The molecule has 0 radical (unpaired) electrons. The molecule has 0 aromatic heterocycles. The Morgan fingerprint density at radius 3 is 2.91 bits per heavy atom. The first-order valence-electron chi connectivity index (χ1n) is 7.76. The molecule has 0 saturated carbocycles. The largest absolute Gasteiger partial charge is 0.494 e. The molecule has 22 heavy (non-hydrogen) atoms. The van der Waals surface area contributed by atoms with Gasteiger partial charge in [-0.25, -0.2) is 0 Å². The minimum Gasteiger partial charge on any atom is -0.494 e. The van der Waals surface area contributed by atoms with Gasteiger partial charge in [0, 0.05) is 13.1 Å². The quantitative estimate of drug-likeness (QED) is 0.800. The average molecular weight is 316 g/mol. The van der Waals surface area contributed by atoms with Gasteiger partial charge in [0.1, 0.15) is 5.75 Å². The van der Waals surface area contributed by atoms with E-state index in [2.05, 4.69) is 9.89 Å². The van der Waals surface area contributed by atoms with Crippen LogP contribution in [-0.4, -0.2) is 35.7 Å². The number of hydrogen-bond acceptors (Lipinski definition) is 4. The number of carbonyl (C=O) groups excluding carboxylic acids is 1. The molecule has 2 aliphatic heterocycles. The Bertz CT molecular complexity index is 619. The minimum atomic E-state index is -0.132. The van der Waals surface area contributed by atoms with Crippen LogP contribution in [0.2, 0.25) is 0 Å². The summed E-state index contributed by atoms with van der Waals surface area (Å²) in [4.78, 5) is 19.2. The van der Waals surface area contributed by atoms with Gasteiger partial charge in [0.05, 0.1) is 11.5 Å². The zero-order chi connectivity index (χ0) is 15.4. The Morgan fingerprint density at radius 2 is 2.14 bits per heavy atom. The lowest BCUT2D eigenvalue weighted by Crippen LogP contribution is -2.33. The zero-order valence-corrected chi connectivity index (χ0v) is 13.6. The Kier molecular flexibility index (Phi) is 4.83. The van der Waals surface area contributed by atoms with E-state index in [0.717, 1.165) is 29.6 Å². The molecule has 2 heterocycles. The summed E-state index contributed by atoms with van der Waals surface area (Å²) in [7, 11) is 0. The van der Waals surface area contributed by atoms with E-state index in [-0.39, 0.29) is 5.91 Å². The van der Waals surface area contributed by atoms with Crippen LogP contribution in [0.15, 0.2) is 34.2 Å². The number of amidine groups is 1. The van der Waals surface area contributed by atoms with Gasteiger partial charge >= 0.3 is 0 Å². The van der Waals surface area contributed by atoms with Gasteiger partial charge in [0.15, 0.2) is 5.17 Å². The molecule has 5 heteroatoms. The molecule has 1 aromatic rings. The average Bonchev–Trinajstić information content (AvgIpc) is 2.90. The van der Waals surface area contributed by atoms with Crippen LogP contribution in [0.4, 0.5) is 0 Å². The number of nitrogens with zero attached hydrogens (tertiary/aromatic N) is 2. The van der Waals surface area contributed by atoms with Gasteiger partial charge in [-0.15, -0.1) is 0 Å². The summed E-state index contributed by atoms with van der Waals surface area (Å²) < 4.78 is 5.50.